The molecule has 5 rings (SSSR count). The molecule has 2 aromatic carbocycles. The molecular weight excluding hydrogens is 410 g/mol. The number of amides is 1. The van der Waals surface area contributed by atoms with Crippen molar-refractivity contribution in [3.05, 3.63) is 54.6 Å². The number of carbonyl (C=O) groups is 1. The van der Waals surface area contributed by atoms with Crippen LogP contribution in [0.2, 0.25) is 0 Å². The van der Waals surface area contributed by atoms with Gasteiger partial charge in [-0.3, -0.25) is 4.79 Å². The van der Waals surface area contributed by atoms with Gasteiger partial charge >= 0.3 is 0 Å². The van der Waals surface area contributed by atoms with Gasteiger partial charge in [-0.15, -0.1) is 10.2 Å². The number of benzene rings is 2. The van der Waals surface area contributed by atoms with Crippen LogP contribution in [-0.2, 0) is 4.79 Å². The van der Waals surface area contributed by atoms with Crippen LogP contribution < -0.4 is 15.5 Å². The predicted octanol–water partition coefficient (Wildman–Crippen LogP) is 4.31. The van der Waals surface area contributed by atoms with E-state index in [1.54, 1.807) is 7.11 Å². The Labute approximate surface area is 185 Å². The summed E-state index contributed by atoms with van der Waals surface area (Å²) >= 11 is 1.50. The zero-order valence-electron chi connectivity index (χ0n) is 17.4. The van der Waals surface area contributed by atoms with E-state index in [1.165, 1.54) is 18.2 Å². The minimum Gasteiger partial charge on any atom is -0.497 e. The van der Waals surface area contributed by atoms with Crippen molar-refractivity contribution in [1.29, 1.82) is 0 Å². The topological polar surface area (TPSA) is 81.1 Å². The molecule has 0 saturated heterocycles. The van der Waals surface area contributed by atoms with Gasteiger partial charge in [0.05, 0.1) is 12.6 Å². The SMILES string of the molecule is COc1cccc(NC(=O)C2Sc3nnc(-c4ccccc4)n3NC23CCCCC3)c1. The van der Waals surface area contributed by atoms with Crippen molar-refractivity contribution in [1.82, 2.24) is 14.9 Å². The standard InChI is InChI=1S/C23H25N5O2S/c1-30-18-12-8-11-17(15-18)24-21(29)19-23(13-6-3-7-14-23)27-28-20(25-26-22(28)31-19)16-9-4-2-5-10-16/h2,4-5,8-12,15,19,27H,3,6-7,13-14H2,1H3,(H,24,29). The number of ether oxygens (including phenoxy) is 1. The molecule has 0 bridgehead atoms. The van der Waals surface area contributed by atoms with Gasteiger partial charge in [0.15, 0.2) is 5.82 Å². The molecule has 1 atom stereocenters. The van der Waals surface area contributed by atoms with Crippen molar-refractivity contribution < 1.29 is 9.53 Å². The molecule has 1 unspecified atom stereocenters. The molecule has 1 aliphatic carbocycles. The minimum atomic E-state index is -0.342. The molecule has 1 amide bonds. The lowest BCUT2D eigenvalue weighted by Crippen LogP contribution is -2.59. The average Bonchev–Trinajstić information content (AvgIpc) is 3.22. The Bertz CT molecular complexity index is 1080. The summed E-state index contributed by atoms with van der Waals surface area (Å²) in [7, 11) is 1.62. The molecule has 1 saturated carbocycles. The van der Waals surface area contributed by atoms with E-state index in [1.807, 2.05) is 59.3 Å². The fourth-order valence-electron chi connectivity index (χ4n) is 4.49. The maximum Gasteiger partial charge on any atom is 0.240 e. The van der Waals surface area contributed by atoms with Crippen LogP contribution in [0.15, 0.2) is 59.8 Å². The summed E-state index contributed by atoms with van der Waals surface area (Å²) in [5.41, 5.74) is 5.07. The molecule has 8 heteroatoms. The third-order valence-corrected chi connectivity index (χ3v) is 7.42. The number of hydrogen-bond donors (Lipinski definition) is 2. The molecule has 2 aliphatic rings. The van der Waals surface area contributed by atoms with E-state index < -0.39 is 0 Å². The first-order valence-corrected chi connectivity index (χ1v) is 11.5. The summed E-state index contributed by atoms with van der Waals surface area (Å²) in [6, 6.07) is 17.5. The van der Waals surface area contributed by atoms with Gasteiger partial charge in [0.2, 0.25) is 11.1 Å². The van der Waals surface area contributed by atoms with Gasteiger partial charge < -0.3 is 15.5 Å². The molecular formula is C23H25N5O2S. The third kappa shape index (κ3) is 3.76. The number of anilines is 1. The average molecular weight is 436 g/mol. The number of nitrogens with zero attached hydrogens (tertiary/aromatic N) is 3. The van der Waals surface area contributed by atoms with Crippen LogP contribution in [0.1, 0.15) is 32.1 Å². The molecule has 3 aromatic rings. The largest absolute Gasteiger partial charge is 0.497 e. The van der Waals surface area contributed by atoms with Crippen LogP contribution in [0.4, 0.5) is 5.69 Å². The van der Waals surface area contributed by atoms with Gasteiger partial charge in [-0.1, -0.05) is 67.4 Å². The maximum atomic E-state index is 13.5. The van der Waals surface area contributed by atoms with Gasteiger partial charge in [-0.2, -0.15) is 0 Å². The van der Waals surface area contributed by atoms with Crippen molar-refractivity contribution in [3.63, 3.8) is 0 Å². The highest BCUT2D eigenvalue weighted by atomic mass is 32.2. The lowest BCUT2D eigenvalue weighted by atomic mass is 9.79. The second-order valence-corrected chi connectivity index (χ2v) is 9.13. The van der Waals surface area contributed by atoms with E-state index in [0.29, 0.717) is 10.9 Å². The number of methoxy groups -OCH3 is 1. The Morgan fingerprint density at radius 2 is 1.94 bits per heavy atom. The van der Waals surface area contributed by atoms with Crippen LogP contribution in [0.3, 0.4) is 0 Å². The molecule has 1 aliphatic heterocycles. The second-order valence-electron chi connectivity index (χ2n) is 8.06. The number of rotatable bonds is 4. The van der Waals surface area contributed by atoms with Gasteiger partial charge in [0.25, 0.3) is 0 Å². The van der Waals surface area contributed by atoms with E-state index in [9.17, 15) is 4.79 Å². The smallest absolute Gasteiger partial charge is 0.240 e. The summed E-state index contributed by atoms with van der Waals surface area (Å²) in [6.45, 7) is 0. The summed E-state index contributed by atoms with van der Waals surface area (Å²) in [6.07, 6.45) is 5.24. The van der Waals surface area contributed by atoms with Gasteiger partial charge in [-0.25, -0.2) is 4.68 Å². The van der Waals surface area contributed by atoms with E-state index >= 15 is 0 Å². The summed E-state index contributed by atoms with van der Waals surface area (Å²) in [4.78, 5) is 13.5. The Kier molecular flexibility index (Phi) is 5.31. The predicted molar refractivity (Wildman–Crippen MR) is 122 cm³/mol. The van der Waals surface area contributed by atoms with Gasteiger partial charge in [0.1, 0.15) is 11.0 Å². The van der Waals surface area contributed by atoms with Crippen LogP contribution >= 0.6 is 11.8 Å². The minimum absolute atomic E-state index is 0.0248. The number of aromatic nitrogens is 3. The number of nitrogens with one attached hydrogen (secondary N) is 2. The quantitative estimate of drug-likeness (QED) is 0.636. The summed E-state index contributed by atoms with van der Waals surface area (Å²) < 4.78 is 7.27. The normalized spacial score (nSPS) is 19.3. The Balaban J connectivity index is 1.47. The summed E-state index contributed by atoms with van der Waals surface area (Å²) in [5, 5.41) is 12.3. The van der Waals surface area contributed by atoms with Crippen LogP contribution in [0.25, 0.3) is 11.4 Å². The van der Waals surface area contributed by atoms with E-state index in [-0.39, 0.29) is 16.7 Å². The van der Waals surface area contributed by atoms with E-state index in [4.69, 9.17) is 4.74 Å². The van der Waals surface area contributed by atoms with Crippen molar-refractivity contribution in [2.45, 2.75) is 48.0 Å². The van der Waals surface area contributed by atoms with Crippen LogP contribution in [-0.4, -0.2) is 38.7 Å². The lowest BCUT2D eigenvalue weighted by Gasteiger charge is -2.46. The van der Waals surface area contributed by atoms with Crippen molar-refractivity contribution in [2.24, 2.45) is 0 Å². The Morgan fingerprint density at radius 1 is 1.13 bits per heavy atom. The zero-order valence-corrected chi connectivity index (χ0v) is 18.2. The van der Waals surface area contributed by atoms with Crippen molar-refractivity contribution >= 4 is 23.4 Å². The first-order chi connectivity index (χ1) is 15.2. The van der Waals surface area contributed by atoms with E-state index in [0.717, 1.165) is 42.8 Å². The first-order valence-electron chi connectivity index (χ1n) is 10.6. The number of thioether (sulfide) groups is 1. The first kappa shape index (κ1) is 19.9. The second kappa shape index (κ2) is 8.26. The van der Waals surface area contributed by atoms with Crippen LogP contribution in [0, 0.1) is 0 Å². The highest BCUT2D eigenvalue weighted by molar-refractivity contribution is 8.00. The fraction of sp³-hybridized carbons (Fsp3) is 0.348. The highest BCUT2D eigenvalue weighted by Gasteiger charge is 2.49. The molecule has 2 heterocycles. The molecule has 1 aromatic heterocycles. The molecule has 0 radical (unpaired) electrons. The molecule has 1 fully saturated rings. The van der Waals surface area contributed by atoms with Crippen molar-refractivity contribution in [2.75, 3.05) is 17.9 Å². The molecule has 31 heavy (non-hydrogen) atoms. The monoisotopic (exact) mass is 435 g/mol. The van der Waals surface area contributed by atoms with Gasteiger partial charge in [-0.05, 0) is 25.0 Å². The molecule has 1 spiro atoms. The molecule has 160 valence electrons. The molecule has 7 nitrogen and oxygen atoms in total. The Morgan fingerprint density at radius 3 is 2.71 bits per heavy atom. The third-order valence-electron chi connectivity index (χ3n) is 6.05. The Hall–Kier alpha value is -3.00. The zero-order chi connectivity index (χ0) is 21.3. The number of hydrogen-bond acceptors (Lipinski definition) is 6. The fourth-order valence-corrected chi connectivity index (χ4v) is 5.71. The number of fused-ring (bicyclic) bond motifs is 1. The highest BCUT2D eigenvalue weighted by Crippen LogP contribution is 2.44. The van der Waals surface area contributed by atoms with E-state index in [2.05, 4.69) is 20.9 Å². The molecule has 2 N–H and O–H groups in total. The van der Waals surface area contributed by atoms with Gasteiger partial charge in [0, 0.05) is 17.3 Å². The van der Waals surface area contributed by atoms with Crippen LogP contribution in [0.5, 0.6) is 5.75 Å². The maximum absolute atomic E-state index is 13.5. The lowest BCUT2D eigenvalue weighted by molar-refractivity contribution is -0.117. The summed E-state index contributed by atoms with van der Waals surface area (Å²) in [5.74, 6) is 1.47. The van der Waals surface area contributed by atoms with Crippen molar-refractivity contribution in [3.8, 4) is 17.1 Å². The number of carbonyl (C=O) groups excluding carboxylic acids is 1.